The number of hydrogen-bond donors (Lipinski definition) is 1. The maximum absolute atomic E-state index is 3.52. The molecule has 0 aliphatic carbocycles. The van der Waals surface area contributed by atoms with Gasteiger partial charge >= 0.3 is 0 Å². The van der Waals surface area contributed by atoms with Gasteiger partial charge in [-0.2, -0.15) is 0 Å². The summed E-state index contributed by atoms with van der Waals surface area (Å²) in [5.41, 5.74) is 0. The van der Waals surface area contributed by atoms with Gasteiger partial charge in [0.2, 0.25) is 0 Å². The molecule has 1 saturated heterocycles. The molecule has 2 rings (SSSR count). The Bertz CT molecular complexity index is 353. The van der Waals surface area contributed by atoms with Crippen molar-refractivity contribution >= 4 is 27.3 Å². The van der Waals surface area contributed by atoms with Crippen molar-refractivity contribution in [1.82, 2.24) is 10.2 Å². The summed E-state index contributed by atoms with van der Waals surface area (Å²) in [6.07, 6.45) is 3.75. The summed E-state index contributed by atoms with van der Waals surface area (Å²) in [6.45, 7) is 4.79. The van der Waals surface area contributed by atoms with Crippen LogP contribution in [0.1, 0.15) is 24.6 Å². The summed E-state index contributed by atoms with van der Waals surface area (Å²) in [6, 6.07) is 5.82. The van der Waals surface area contributed by atoms with E-state index in [4.69, 9.17) is 0 Å². The molecule has 0 saturated carbocycles. The predicted molar refractivity (Wildman–Crippen MR) is 78.8 cm³/mol. The van der Waals surface area contributed by atoms with Crippen molar-refractivity contribution < 1.29 is 0 Å². The van der Waals surface area contributed by atoms with Crippen molar-refractivity contribution in [1.29, 1.82) is 0 Å². The third kappa shape index (κ3) is 3.78. The van der Waals surface area contributed by atoms with Crippen LogP contribution in [0.2, 0.25) is 0 Å². The summed E-state index contributed by atoms with van der Waals surface area (Å²) in [5.74, 6) is 0. The molecule has 0 radical (unpaired) electrons. The van der Waals surface area contributed by atoms with E-state index in [0.29, 0.717) is 6.04 Å². The van der Waals surface area contributed by atoms with Crippen LogP contribution in [0, 0.1) is 0 Å². The monoisotopic (exact) mass is 316 g/mol. The molecule has 0 amide bonds. The molecule has 2 heterocycles. The Hall–Kier alpha value is 0.1000. The molecule has 0 bridgehead atoms. The first-order valence-electron chi connectivity index (χ1n) is 6.34. The number of rotatable bonds is 4. The highest BCUT2D eigenvalue weighted by Gasteiger charge is 2.23. The van der Waals surface area contributed by atoms with Crippen LogP contribution in [-0.4, -0.2) is 37.1 Å². The molecule has 0 aromatic carbocycles. The fraction of sp³-hybridized carbons (Fsp3) is 0.692. The summed E-state index contributed by atoms with van der Waals surface area (Å²) < 4.78 is 1.24. The van der Waals surface area contributed by atoms with Gasteiger partial charge in [0, 0.05) is 23.5 Å². The van der Waals surface area contributed by atoms with Gasteiger partial charge in [0.1, 0.15) is 0 Å². The van der Waals surface area contributed by atoms with Crippen LogP contribution in [0.5, 0.6) is 0 Å². The lowest BCUT2D eigenvalue weighted by atomic mass is 9.98. The smallest absolute Gasteiger partial charge is 0.0701 e. The number of piperidine rings is 1. The maximum Gasteiger partial charge on any atom is 0.0701 e. The number of thiophene rings is 1. The van der Waals surface area contributed by atoms with Gasteiger partial charge in [-0.25, -0.2) is 0 Å². The third-order valence-electron chi connectivity index (χ3n) is 3.70. The molecule has 1 N–H and O–H groups in total. The summed E-state index contributed by atoms with van der Waals surface area (Å²) >= 11 is 5.38. The van der Waals surface area contributed by atoms with E-state index in [2.05, 4.69) is 52.3 Å². The molecule has 4 heteroatoms. The minimum Gasteiger partial charge on any atom is -0.317 e. The van der Waals surface area contributed by atoms with E-state index >= 15 is 0 Å². The lowest BCUT2D eigenvalue weighted by Gasteiger charge is -2.37. The lowest BCUT2D eigenvalue weighted by molar-refractivity contribution is 0.141. The van der Waals surface area contributed by atoms with E-state index in [1.807, 2.05) is 11.3 Å². The Balaban J connectivity index is 1.80. The van der Waals surface area contributed by atoms with Crippen LogP contribution in [-0.2, 0) is 6.42 Å². The summed E-state index contributed by atoms with van der Waals surface area (Å²) in [7, 11) is 2.08. The lowest BCUT2D eigenvalue weighted by Crippen LogP contribution is -2.47. The fourth-order valence-electron chi connectivity index (χ4n) is 2.56. The number of nitrogens with one attached hydrogen (secondary N) is 1. The first kappa shape index (κ1) is 13.5. The highest BCUT2D eigenvalue weighted by molar-refractivity contribution is 9.11. The van der Waals surface area contributed by atoms with Crippen molar-refractivity contribution in [2.75, 3.05) is 20.1 Å². The topological polar surface area (TPSA) is 15.3 Å². The first-order valence-corrected chi connectivity index (χ1v) is 7.95. The molecular formula is C13H21BrN2S. The van der Waals surface area contributed by atoms with Crippen molar-refractivity contribution in [3.05, 3.63) is 20.8 Å². The number of hydrogen-bond acceptors (Lipinski definition) is 3. The SMILES string of the molecule is CNC1CCN(CCc2ccc(Br)s2)C(C)C1. The van der Waals surface area contributed by atoms with Crippen LogP contribution >= 0.6 is 27.3 Å². The predicted octanol–water partition coefficient (Wildman–Crippen LogP) is 3.13. The Morgan fingerprint density at radius 3 is 2.94 bits per heavy atom. The van der Waals surface area contributed by atoms with Crippen molar-refractivity contribution in [3.63, 3.8) is 0 Å². The van der Waals surface area contributed by atoms with E-state index in [0.717, 1.165) is 6.04 Å². The average molecular weight is 317 g/mol. The van der Waals surface area contributed by atoms with Crippen LogP contribution in [0.4, 0.5) is 0 Å². The van der Waals surface area contributed by atoms with Gasteiger partial charge in [-0.3, -0.25) is 0 Å². The summed E-state index contributed by atoms with van der Waals surface area (Å²) in [5, 5.41) is 3.40. The van der Waals surface area contributed by atoms with Gasteiger partial charge in [-0.1, -0.05) is 0 Å². The highest BCUT2D eigenvalue weighted by Crippen LogP contribution is 2.23. The van der Waals surface area contributed by atoms with Gasteiger partial charge in [-0.05, 0) is 67.8 Å². The van der Waals surface area contributed by atoms with Gasteiger partial charge in [0.05, 0.1) is 3.79 Å². The molecule has 1 aliphatic heterocycles. The fourth-order valence-corrected chi connectivity index (χ4v) is 4.03. The molecule has 1 aromatic heterocycles. The Kier molecular flexibility index (Phi) is 5.03. The van der Waals surface area contributed by atoms with Gasteiger partial charge in [-0.15, -0.1) is 11.3 Å². The molecule has 2 unspecified atom stereocenters. The Morgan fingerprint density at radius 1 is 1.53 bits per heavy atom. The van der Waals surface area contributed by atoms with E-state index in [1.165, 1.54) is 41.0 Å². The Labute approximate surface area is 117 Å². The number of likely N-dealkylation sites (tertiary alicyclic amines) is 1. The zero-order chi connectivity index (χ0) is 12.3. The molecule has 1 fully saturated rings. The first-order chi connectivity index (χ1) is 8.19. The standard InChI is InChI=1S/C13H21BrN2S/c1-10-9-11(15-2)5-7-16(10)8-6-12-3-4-13(14)17-12/h3-4,10-11,15H,5-9H2,1-2H3. The van der Waals surface area contributed by atoms with E-state index < -0.39 is 0 Å². The van der Waals surface area contributed by atoms with Crippen LogP contribution in [0.25, 0.3) is 0 Å². The zero-order valence-electron chi connectivity index (χ0n) is 10.6. The minimum atomic E-state index is 0.713. The van der Waals surface area contributed by atoms with E-state index in [-0.39, 0.29) is 0 Å². The molecule has 96 valence electrons. The molecule has 2 atom stereocenters. The van der Waals surface area contributed by atoms with Gasteiger partial charge < -0.3 is 10.2 Å². The number of halogens is 1. The minimum absolute atomic E-state index is 0.713. The van der Waals surface area contributed by atoms with Crippen molar-refractivity contribution in [3.8, 4) is 0 Å². The molecule has 2 nitrogen and oxygen atoms in total. The molecule has 1 aliphatic rings. The molecular weight excluding hydrogens is 296 g/mol. The van der Waals surface area contributed by atoms with E-state index in [9.17, 15) is 0 Å². The molecule has 17 heavy (non-hydrogen) atoms. The second-order valence-corrected chi connectivity index (χ2v) is 7.40. The maximum atomic E-state index is 3.52. The highest BCUT2D eigenvalue weighted by atomic mass is 79.9. The van der Waals surface area contributed by atoms with E-state index in [1.54, 1.807) is 0 Å². The van der Waals surface area contributed by atoms with Gasteiger partial charge in [0.25, 0.3) is 0 Å². The van der Waals surface area contributed by atoms with Crippen LogP contribution < -0.4 is 5.32 Å². The number of nitrogens with zero attached hydrogens (tertiary/aromatic N) is 1. The quantitative estimate of drug-likeness (QED) is 0.918. The third-order valence-corrected chi connectivity index (χ3v) is 5.38. The van der Waals surface area contributed by atoms with Crippen molar-refractivity contribution in [2.45, 2.75) is 38.3 Å². The second-order valence-electron chi connectivity index (χ2n) is 4.85. The second kappa shape index (κ2) is 6.32. The van der Waals surface area contributed by atoms with Gasteiger partial charge in [0.15, 0.2) is 0 Å². The normalized spacial score (nSPS) is 26.3. The molecule has 0 spiro atoms. The molecule has 1 aromatic rings. The summed E-state index contributed by atoms with van der Waals surface area (Å²) in [4.78, 5) is 4.11. The van der Waals surface area contributed by atoms with Crippen LogP contribution in [0.3, 0.4) is 0 Å². The average Bonchev–Trinajstić information content (AvgIpc) is 2.73. The van der Waals surface area contributed by atoms with Crippen molar-refractivity contribution in [2.24, 2.45) is 0 Å². The van der Waals surface area contributed by atoms with Crippen LogP contribution in [0.15, 0.2) is 15.9 Å². The largest absolute Gasteiger partial charge is 0.317 e. The zero-order valence-corrected chi connectivity index (χ0v) is 13.0. The Morgan fingerprint density at radius 2 is 2.35 bits per heavy atom.